The van der Waals surface area contributed by atoms with Gasteiger partial charge in [0.25, 0.3) is 5.91 Å². The summed E-state index contributed by atoms with van der Waals surface area (Å²) in [5.41, 5.74) is 5.50. The van der Waals surface area contributed by atoms with Crippen LogP contribution in [0.25, 0.3) is 0 Å². The molecule has 0 unspecified atom stereocenters. The van der Waals surface area contributed by atoms with E-state index < -0.39 is 17.1 Å². The summed E-state index contributed by atoms with van der Waals surface area (Å²) in [6.07, 6.45) is 1.50. The van der Waals surface area contributed by atoms with Crippen LogP contribution in [0.15, 0.2) is 24.3 Å². The van der Waals surface area contributed by atoms with Gasteiger partial charge in [0.15, 0.2) is 0 Å². The highest BCUT2D eigenvalue weighted by Gasteiger charge is 2.37. The zero-order chi connectivity index (χ0) is 19.9. The van der Waals surface area contributed by atoms with E-state index in [1.165, 1.54) is 12.1 Å². The van der Waals surface area contributed by atoms with Crippen LogP contribution in [0, 0.1) is 11.2 Å². The number of nitrogens with one attached hydrogen (secondary N) is 1. The van der Waals surface area contributed by atoms with E-state index in [-0.39, 0.29) is 36.3 Å². The first-order chi connectivity index (χ1) is 13.0. The zero-order valence-corrected chi connectivity index (χ0v) is 18.8. The summed E-state index contributed by atoms with van der Waals surface area (Å²) < 4.78 is 13.6. The monoisotopic (exact) mass is 450 g/mol. The van der Waals surface area contributed by atoms with Crippen molar-refractivity contribution < 1.29 is 14.0 Å². The summed E-state index contributed by atoms with van der Waals surface area (Å²) in [6, 6.07) is 5.95. The summed E-state index contributed by atoms with van der Waals surface area (Å²) >= 11 is 0. The number of benzene rings is 1. The first-order valence-electron chi connectivity index (χ1n) is 9.72. The van der Waals surface area contributed by atoms with Crippen LogP contribution in [0.3, 0.4) is 0 Å². The average Bonchev–Trinajstić information content (AvgIpc) is 2.70. The molecule has 166 valence electrons. The summed E-state index contributed by atoms with van der Waals surface area (Å²) in [4.78, 5) is 29.0. The molecule has 1 aromatic carbocycles. The Morgan fingerprint density at radius 2 is 1.69 bits per heavy atom. The molecule has 0 bridgehead atoms. The van der Waals surface area contributed by atoms with Gasteiger partial charge in [0.2, 0.25) is 5.91 Å². The fourth-order valence-electron chi connectivity index (χ4n) is 3.51. The van der Waals surface area contributed by atoms with Crippen LogP contribution in [0.1, 0.15) is 37.0 Å². The average molecular weight is 451 g/mol. The van der Waals surface area contributed by atoms with Crippen molar-refractivity contribution in [3.8, 4) is 0 Å². The molecular formula is C20H33Cl2FN4O2. The maximum atomic E-state index is 13.6. The summed E-state index contributed by atoms with van der Waals surface area (Å²) in [5.74, 6) is -0.764. The predicted molar refractivity (Wildman–Crippen MR) is 118 cm³/mol. The van der Waals surface area contributed by atoms with Gasteiger partial charge in [-0.25, -0.2) is 4.39 Å². The molecule has 1 aliphatic heterocycles. The Morgan fingerprint density at radius 3 is 2.21 bits per heavy atom. The Hall–Kier alpha value is -1.41. The Kier molecular flexibility index (Phi) is 12.4. The quantitative estimate of drug-likeness (QED) is 0.636. The van der Waals surface area contributed by atoms with E-state index in [1.54, 1.807) is 12.1 Å². The normalized spacial score (nSPS) is 14.6. The van der Waals surface area contributed by atoms with Gasteiger partial charge in [0, 0.05) is 45.8 Å². The van der Waals surface area contributed by atoms with Crippen LogP contribution in [0.2, 0.25) is 0 Å². The molecule has 0 atom stereocenters. The van der Waals surface area contributed by atoms with Gasteiger partial charge in [-0.2, -0.15) is 0 Å². The highest BCUT2D eigenvalue weighted by Crippen LogP contribution is 2.28. The van der Waals surface area contributed by atoms with E-state index in [0.29, 0.717) is 32.7 Å². The van der Waals surface area contributed by atoms with Gasteiger partial charge < -0.3 is 16.0 Å². The molecule has 6 nitrogen and oxygen atoms in total. The first-order valence-corrected chi connectivity index (χ1v) is 9.72. The number of piperazine rings is 1. The smallest absolute Gasteiger partial charge is 0.254 e. The van der Waals surface area contributed by atoms with Crippen molar-refractivity contribution in [2.24, 2.45) is 11.1 Å². The number of carbonyl (C=O) groups is 2. The summed E-state index contributed by atoms with van der Waals surface area (Å²) in [7, 11) is 0. The number of rotatable bonds is 8. The number of hydrogen-bond acceptors (Lipinski definition) is 4. The van der Waals surface area contributed by atoms with Crippen molar-refractivity contribution in [2.75, 3.05) is 45.8 Å². The van der Waals surface area contributed by atoms with Gasteiger partial charge in [-0.1, -0.05) is 26.0 Å². The fourth-order valence-corrected chi connectivity index (χ4v) is 3.51. The Bertz CT molecular complexity index is 643. The van der Waals surface area contributed by atoms with Gasteiger partial charge in [0.1, 0.15) is 5.82 Å². The number of halogens is 3. The van der Waals surface area contributed by atoms with Crippen molar-refractivity contribution in [3.63, 3.8) is 0 Å². The summed E-state index contributed by atoms with van der Waals surface area (Å²) in [6.45, 7) is 8.38. The number of carbonyl (C=O) groups excluding carboxylic acids is 2. The molecule has 0 saturated carbocycles. The maximum absolute atomic E-state index is 13.6. The molecule has 1 saturated heterocycles. The molecule has 2 rings (SSSR count). The van der Waals surface area contributed by atoms with E-state index in [0.717, 1.165) is 25.9 Å². The standard InChI is InChI=1S/C20H31FN4O2.2ClH/c1-3-20(4-2,15-22)19(27)25-13-11-24(12-14-25)10-9-23-18(26)16-7-5-6-8-17(16)21;;/h5-8H,3-4,9-15,22H2,1-2H3,(H,23,26);2*1H. The second-order valence-electron chi connectivity index (χ2n) is 7.06. The topological polar surface area (TPSA) is 78.7 Å². The lowest BCUT2D eigenvalue weighted by atomic mass is 9.81. The van der Waals surface area contributed by atoms with Crippen molar-refractivity contribution in [1.29, 1.82) is 0 Å². The lowest BCUT2D eigenvalue weighted by molar-refractivity contribution is -0.144. The molecular weight excluding hydrogens is 418 g/mol. The summed E-state index contributed by atoms with van der Waals surface area (Å²) in [5, 5.41) is 2.76. The van der Waals surface area contributed by atoms with Crippen LogP contribution < -0.4 is 11.1 Å². The molecule has 2 amide bonds. The number of amides is 2. The van der Waals surface area contributed by atoms with E-state index >= 15 is 0 Å². The third-order valence-corrected chi connectivity index (χ3v) is 5.69. The van der Waals surface area contributed by atoms with Gasteiger partial charge in [-0.05, 0) is 25.0 Å². The lowest BCUT2D eigenvalue weighted by Gasteiger charge is -2.40. The molecule has 1 fully saturated rings. The van der Waals surface area contributed by atoms with Crippen molar-refractivity contribution in [3.05, 3.63) is 35.6 Å². The van der Waals surface area contributed by atoms with Crippen LogP contribution in [-0.2, 0) is 4.79 Å². The van der Waals surface area contributed by atoms with Crippen molar-refractivity contribution >= 4 is 36.6 Å². The molecule has 29 heavy (non-hydrogen) atoms. The molecule has 0 aliphatic carbocycles. The largest absolute Gasteiger partial charge is 0.351 e. The van der Waals surface area contributed by atoms with E-state index in [1.807, 2.05) is 18.7 Å². The van der Waals surface area contributed by atoms with E-state index in [9.17, 15) is 14.0 Å². The number of nitrogens with two attached hydrogens (primary N) is 1. The number of nitrogens with zero attached hydrogens (tertiary/aromatic N) is 2. The second kappa shape index (κ2) is 13.0. The van der Waals surface area contributed by atoms with Crippen LogP contribution in [-0.4, -0.2) is 67.4 Å². The Morgan fingerprint density at radius 1 is 1.10 bits per heavy atom. The molecule has 3 N–H and O–H groups in total. The highest BCUT2D eigenvalue weighted by molar-refractivity contribution is 5.94. The Balaban J connectivity index is 0.00000392. The molecule has 0 aromatic heterocycles. The third-order valence-electron chi connectivity index (χ3n) is 5.69. The highest BCUT2D eigenvalue weighted by atomic mass is 35.5. The molecule has 9 heteroatoms. The second-order valence-corrected chi connectivity index (χ2v) is 7.06. The SMILES string of the molecule is CCC(CC)(CN)C(=O)N1CCN(CCNC(=O)c2ccccc2F)CC1.Cl.Cl. The van der Waals surface area contributed by atoms with Gasteiger partial charge in [-0.3, -0.25) is 14.5 Å². The van der Waals surface area contributed by atoms with Crippen molar-refractivity contribution in [1.82, 2.24) is 15.1 Å². The fraction of sp³-hybridized carbons (Fsp3) is 0.600. The minimum absolute atomic E-state index is 0. The minimum atomic E-state index is -0.516. The molecule has 0 radical (unpaired) electrons. The van der Waals surface area contributed by atoms with E-state index in [2.05, 4.69) is 10.2 Å². The minimum Gasteiger partial charge on any atom is -0.351 e. The van der Waals surface area contributed by atoms with Gasteiger partial charge in [0.05, 0.1) is 11.0 Å². The zero-order valence-electron chi connectivity index (χ0n) is 17.2. The first kappa shape index (κ1) is 27.6. The lowest BCUT2D eigenvalue weighted by Crippen LogP contribution is -2.55. The van der Waals surface area contributed by atoms with Gasteiger partial charge in [-0.15, -0.1) is 24.8 Å². The molecule has 1 heterocycles. The maximum Gasteiger partial charge on any atom is 0.254 e. The molecule has 1 aliphatic rings. The third kappa shape index (κ3) is 6.81. The van der Waals surface area contributed by atoms with Crippen LogP contribution >= 0.6 is 24.8 Å². The van der Waals surface area contributed by atoms with Crippen LogP contribution in [0.4, 0.5) is 4.39 Å². The molecule has 1 aromatic rings. The predicted octanol–water partition coefficient (Wildman–Crippen LogP) is 2.31. The Labute approximate surface area is 185 Å². The molecule has 0 spiro atoms. The van der Waals surface area contributed by atoms with E-state index in [4.69, 9.17) is 5.73 Å². The van der Waals surface area contributed by atoms with Crippen LogP contribution in [0.5, 0.6) is 0 Å². The van der Waals surface area contributed by atoms with Crippen molar-refractivity contribution in [2.45, 2.75) is 26.7 Å². The number of hydrogen-bond donors (Lipinski definition) is 2. The van der Waals surface area contributed by atoms with Gasteiger partial charge >= 0.3 is 0 Å².